The summed E-state index contributed by atoms with van der Waals surface area (Å²) in [6.07, 6.45) is 3.66. The second kappa shape index (κ2) is 10.2. The Kier molecular flexibility index (Phi) is 7.39. The molecule has 2 aliphatic heterocycles. The molecule has 0 aromatic carbocycles. The molecule has 0 aliphatic carbocycles. The molecule has 11 heteroatoms. The molecule has 1 aromatic rings. The van der Waals surface area contributed by atoms with Gasteiger partial charge in [-0.3, -0.25) is 4.79 Å². The van der Waals surface area contributed by atoms with Crippen LogP contribution < -0.4 is 15.0 Å². The van der Waals surface area contributed by atoms with Crippen molar-refractivity contribution < 1.29 is 28.9 Å². The number of anilines is 1. The minimum atomic E-state index is -1.24. The van der Waals surface area contributed by atoms with Crippen molar-refractivity contribution in [3.8, 4) is 5.75 Å². The molecule has 2 saturated heterocycles. The molecule has 1 aromatic heterocycles. The molecule has 10 nitrogen and oxygen atoms in total. The number of piperidine rings is 1. The lowest BCUT2D eigenvalue weighted by Gasteiger charge is -2.33. The molecule has 2 fully saturated rings. The molecule has 3 heterocycles. The first kappa shape index (κ1) is 21.8. The molecule has 0 spiro atoms. The third kappa shape index (κ3) is 5.78. The number of hydrogen-bond donors (Lipinski definition) is 3. The summed E-state index contributed by atoms with van der Waals surface area (Å²) >= 11 is 0. The van der Waals surface area contributed by atoms with E-state index in [1.165, 1.54) is 12.4 Å². The van der Waals surface area contributed by atoms with Gasteiger partial charge in [0.2, 0.25) is 11.9 Å². The Hall–Kier alpha value is -2.95. The van der Waals surface area contributed by atoms with Crippen molar-refractivity contribution in [1.82, 2.24) is 20.2 Å². The SMILES string of the molecule is O=C(O)NC/C(=C\F)COc1cnc(N2CCC(C(=O)N3CC[C@H](O)C3)CC2)nc1. The Bertz CT molecular complexity index is 767. The first-order valence-electron chi connectivity index (χ1n) is 9.88. The van der Waals surface area contributed by atoms with Gasteiger partial charge in [-0.2, -0.15) is 0 Å². The zero-order valence-corrected chi connectivity index (χ0v) is 16.5. The average Bonchev–Trinajstić information content (AvgIpc) is 3.20. The number of nitrogens with zero attached hydrogens (tertiary/aromatic N) is 4. The number of nitrogens with one attached hydrogen (secondary N) is 1. The van der Waals surface area contributed by atoms with E-state index in [-0.39, 0.29) is 30.5 Å². The van der Waals surface area contributed by atoms with E-state index in [1.54, 1.807) is 4.90 Å². The number of halogens is 1. The smallest absolute Gasteiger partial charge is 0.404 e. The van der Waals surface area contributed by atoms with Crippen LogP contribution in [0, 0.1) is 5.92 Å². The zero-order chi connectivity index (χ0) is 21.5. The number of carbonyl (C=O) groups is 2. The Labute approximate surface area is 173 Å². The number of carbonyl (C=O) groups excluding carboxylic acids is 1. The summed E-state index contributed by atoms with van der Waals surface area (Å²) in [6, 6.07) is 0. The van der Waals surface area contributed by atoms with Crippen LogP contribution in [0.2, 0.25) is 0 Å². The molecular weight excluding hydrogens is 397 g/mol. The number of β-amino-alcohol motifs (C(OH)–C–C–N with tert-alkyl or cyclic N) is 1. The van der Waals surface area contributed by atoms with E-state index in [4.69, 9.17) is 9.84 Å². The molecule has 0 bridgehead atoms. The predicted octanol–water partition coefficient (Wildman–Crippen LogP) is 0.786. The Morgan fingerprint density at radius 2 is 1.93 bits per heavy atom. The second-order valence-corrected chi connectivity index (χ2v) is 7.42. The summed E-state index contributed by atoms with van der Waals surface area (Å²) in [5, 5.41) is 20.2. The zero-order valence-electron chi connectivity index (χ0n) is 16.5. The number of aromatic nitrogens is 2. The lowest BCUT2D eigenvalue weighted by Crippen LogP contribution is -2.42. The molecule has 0 radical (unpaired) electrons. The van der Waals surface area contributed by atoms with Crippen LogP contribution in [-0.2, 0) is 4.79 Å². The monoisotopic (exact) mass is 423 g/mol. The molecule has 2 aliphatic rings. The first-order chi connectivity index (χ1) is 14.5. The van der Waals surface area contributed by atoms with Crippen LogP contribution in [0.5, 0.6) is 5.75 Å². The summed E-state index contributed by atoms with van der Waals surface area (Å²) in [6.45, 7) is 2.06. The maximum absolute atomic E-state index is 12.8. The average molecular weight is 423 g/mol. The Morgan fingerprint density at radius 1 is 1.23 bits per heavy atom. The first-order valence-corrected chi connectivity index (χ1v) is 9.88. The summed E-state index contributed by atoms with van der Waals surface area (Å²) in [5.41, 5.74) is 0.138. The van der Waals surface area contributed by atoms with Crippen LogP contribution in [0.3, 0.4) is 0 Å². The molecule has 2 amide bonds. The van der Waals surface area contributed by atoms with Crippen molar-refractivity contribution in [1.29, 1.82) is 0 Å². The van der Waals surface area contributed by atoms with Crippen LogP contribution in [0.4, 0.5) is 15.1 Å². The molecule has 0 saturated carbocycles. The van der Waals surface area contributed by atoms with Gasteiger partial charge in [0.1, 0.15) is 6.61 Å². The summed E-state index contributed by atoms with van der Waals surface area (Å²) < 4.78 is 18.2. The van der Waals surface area contributed by atoms with Gasteiger partial charge in [0.15, 0.2) is 5.75 Å². The van der Waals surface area contributed by atoms with Crippen molar-refractivity contribution in [2.45, 2.75) is 25.4 Å². The number of rotatable bonds is 7. The van der Waals surface area contributed by atoms with Crippen molar-refractivity contribution >= 4 is 17.9 Å². The minimum Gasteiger partial charge on any atom is -0.486 e. The van der Waals surface area contributed by atoms with Gasteiger partial charge < -0.3 is 30.1 Å². The normalized spacial score (nSPS) is 20.3. The number of likely N-dealkylation sites (tertiary alicyclic amines) is 1. The molecule has 164 valence electrons. The van der Waals surface area contributed by atoms with E-state index in [9.17, 15) is 19.1 Å². The van der Waals surface area contributed by atoms with E-state index < -0.39 is 12.2 Å². The van der Waals surface area contributed by atoms with Crippen LogP contribution in [0.1, 0.15) is 19.3 Å². The lowest BCUT2D eigenvalue weighted by molar-refractivity contribution is -0.135. The summed E-state index contributed by atoms with van der Waals surface area (Å²) in [5.74, 6) is 0.939. The quantitative estimate of drug-likeness (QED) is 0.587. The van der Waals surface area contributed by atoms with Gasteiger partial charge in [0.25, 0.3) is 0 Å². The van der Waals surface area contributed by atoms with E-state index >= 15 is 0 Å². The van der Waals surface area contributed by atoms with E-state index in [1.807, 2.05) is 4.90 Å². The number of aliphatic hydroxyl groups is 1. The van der Waals surface area contributed by atoms with E-state index in [0.717, 1.165) is 0 Å². The van der Waals surface area contributed by atoms with Gasteiger partial charge >= 0.3 is 6.09 Å². The Morgan fingerprint density at radius 3 is 2.50 bits per heavy atom. The third-order valence-corrected chi connectivity index (χ3v) is 5.26. The van der Waals surface area contributed by atoms with Crippen LogP contribution in [0.25, 0.3) is 0 Å². The maximum atomic E-state index is 12.8. The highest BCUT2D eigenvalue weighted by molar-refractivity contribution is 5.79. The fourth-order valence-electron chi connectivity index (χ4n) is 3.56. The van der Waals surface area contributed by atoms with Crippen molar-refractivity contribution in [2.24, 2.45) is 5.92 Å². The van der Waals surface area contributed by atoms with Gasteiger partial charge in [-0.25, -0.2) is 19.2 Å². The number of amides is 2. The van der Waals surface area contributed by atoms with Crippen LogP contribution in [-0.4, -0.2) is 82.5 Å². The van der Waals surface area contributed by atoms with E-state index in [2.05, 4.69) is 15.3 Å². The second-order valence-electron chi connectivity index (χ2n) is 7.42. The van der Waals surface area contributed by atoms with E-state index in [0.29, 0.717) is 63.5 Å². The number of ether oxygens (including phenoxy) is 1. The topological polar surface area (TPSA) is 128 Å². The molecule has 0 unspecified atom stereocenters. The van der Waals surface area contributed by atoms with Crippen LogP contribution in [0.15, 0.2) is 24.3 Å². The fraction of sp³-hybridized carbons (Fsp3) is 0.579. The predicted molar refractivity (Wildman–Crippen MR) is 105 cm³/mol. The van der Waals surface area contributed by atoms with Crippen molar-refractivity contribution in [3.63, 3.8) is 0 Å². The van der Waals surface area contributed by atoms with Gasteiger partial charge in [-0.15, -0.1) is 0 Å². The van der Waals surface area contributed by atoms with Gasteiger partial charge in [-0.1, -0.05) is 0 Å². The summed E-state index contributed by atoms with van der Waals surface area (Å²) in [7, 11) is 0. The highest BCUT2D eigenvalue weighted by atomic mass is 19.1. The third-order valence-electron chi connectivity index (χ3n) is 5.26. The number of hydrogen-bond acceptors (Lipinski definition) is 7. The number of aliphatic hydroxyl groups excluding tert-OH is 1. The molecule has 3 N–H and O–H groups in total. The lowest BCUT2D eigenvalue weighted by atomic mass is 9.95. The summed E-state index contributed by atoms with van der Waals surface area (Å²) in [4.78, 5) is 35.3. The molecule has 30 heavy (non-hydrogen) atoms. The largest absolute Gasteiger partial charge is 0.486 e. The van der Waals surface area contributed by atoms with Crippen LogP contribution >= 0.6 is 0 Å². The Balaban J connectivity index is 1.45. The number of carboxylic acid groups (broad SMARTS) is 1. The highest BCUT2D eigenvalue weighted by Crippen LogP contribution is 2.24. The standard InChI is InChI=1S/C19H26FN5O5/c20-7-13(8-23-19(28)29)12-30-16-9-21-18(22-10-16)24-4-1-14(2-5-24)17(27)25-6-3-15(26)11-25/h7,9-10,14-15,23,26H,1-6,8,11-12H2,(H,28,29)/b13-7+/t15-/m0/s1. The highest BCUT2D eigenvalue weighted by Gasteiger charge is 2.32. The fourth-order valence-corrected chi connectivity index (χ4v) is 3.56. The van der Waals surface area contributed by atoms with Crippen molar-refractivity contribution in [3.05, 3.63) is 24.3 Å². The molecule has 1 atom stereocenters. The van der Waals surface area contributed by atoms with Gasteiger partial charge in [-0.05, 0) is 19.3 Å². The van der Waals surface area contributed by atoms with Crippen molar-refractivity contribution in [2.75, 3.05) is 44.2 Å². The minimum absolute atomic E-state index is 0.0422. The molecule has 3 rings (SSSR count). The van der Waals surface area contributed by atoms with Gasteiger partial charge in [0.05, 0.1) is 24.8 Å². The maximum Gasteiger partial charge on any atom is 0.404 e. The van der Waals surface area contributed by atoms with Gasteiger partial charge in [0, 0.05) is 44.2 Å². The molecular formula is C19H26FN5O5.